The Bertz CT molecular complexity index is 908. The van der Waals surface area contributed by atoms with Crippen LogP contribution in [0.15, 0.2) is 24.3 Å². The number of nitrogens with one attached hydrogen (secondary N) is 2. The van der Waals surface area contributed by atoms with Crippen molar-refractivity contribution in [2.75, 3.05) is 23.7 Å². The van der Waals surface area contributed by atoms with E-state index < -0.39 is 0 Å². The molecule has 4 atom stereocenters. The number of urea groups is 2. The van der Waals surface area contributed by atoms with Gasteiger partial charge in [0.05, 0.1) is 0 Å². The molecule has 1 aromatic carbocycles. The van der Waals surface area contributed by atoms with Gasteiger partial charge < -0.3 is 20.4 Å². The fourth-order valence-electron chi connectivity index (χ4n) is 8.42. The normalized spacial score (nSPS) is 35.2. The summed E-state index contributed by atoms with van der Waals surface area (Å²) in [4.78, 5) is 30.2. The first-order valence-electron chi connectivity index (χ1n) is 13.0. The number of likely N-dealkylation sites (tertiary alicyclic amines) is 2. The number of nitrogens with zero attached hydrogens (tertiary/aromatic N) is 2. The number of benzene rings is 1. The van der Waals surface area contributed by atoms with Gasteiger partial charge in [0, 0.05) is 36.5 Å². The average molecular weight is 467 g/mol. The Labute approximate surface area is 204 Å². The molecule has 2 saturated heterocycles. The van der Waals surface area contributed by atoms with Crippen molar-refractivity contribution in [3.63, 3.8) is 0 Å². The van der Waals surface area contributed by atoms with Crippen LogP contribution in [0.4, 0.5) is 21.0 Å². The Balaban J connectivity index is 1.19. The molecule has 2 saturated carbocycles. The van der Waals surface area contributed by atoms with Crippen LogP contribution in [-0.2, 0) is 0 Å². The minimum atomic E-state index is -0.0107. The van der Waals surface area contributed by atoms with Gasteiger partial charge in [0.25, 0.3) is 0 Å². The van der Waals surface area contributed by atoms with Gasteiger partial charge in [-0.3, -0.25) is 0 Å². The van der Waals surface area contributed by atoms with Gasteiger partial charge in [0.15, 0.2) is 0 Å². The molecule has 2 aliphatic heterocycles. The largest absolute Gasteiger partial charge is 0.322 e. The van der Waals surface area contributed by atoms with E-state index in [4.69, 9.17) is 0 Å². The molecule has 6 nitrogen and oxygen atoms in total. The first kappa shape index (κ1) is 23.5. The first-order valence-corrected chi connectivity index (χ1v) is 13.0. The molecule has 0 aromatic heterocycles. The Hall–Kier alpha value is -2.24. The van der Waals surface area contributed by atoms with E-state index in [-0.39, 0.29) is 33.7 Å². The van der Waals surface area contributed by atoms with Crippen LogP contribution in [0, 0.1) is 21.7 Å². The lowest BCUT2D eigenvalue weighted by Gasteiger charge is -2.39. The fraction of sp³-hybridized carbons (Fsp3) is 0.714. The summed E-state index contributed by atoms with van der Waals surface area (Å²) < 4.78 is 0. The van der Waals surface area contributed by atoms with E-state index >= 15 is 0 Å². The average Bonchev–Trinajstić information content (AvgIpc) is 3.09. The molecule has 4 aliphatic rings. The number of carbonyl (C=O) groups is 2. The number of rotatable bonds is 2. The number of hydrogen-bond donors (Lipinski definition) is 2. The van der Waals surface area contributed by atoms with E-state index in [1.54, 1.807) is 0 Å². The summed E-state index contributed by atoms with van der Waals surface area (Å²) in [6.45, 7) is 15.6. The van der Waals surface area contributed by atoms with E-state index in [1.807, 2.05) is 34.1 Å². The highest BCUT2D eigenvalue weighted by atomic mass is 16.2. The minimum absolute atomic E-state index is 0.0107. The van der Waals surface area contributed by atoms with Crippen LogP contribution in [0.25, 0.3) is 0 Å². The number of carbonyl (C=O) groups excluding carboxylic acids is 2. The van der Waals surface area contributed by atoms with Gasteiger partial charge in [-0.25, -0.2) is 9.59 Å². The Morgan fingerprint density at radius 1 is 0.676 bits per heavy atom. The van der Waals surface area contributed by atoms with Crippen LogP contribution in [0.1, 0.15) is 80.1 Å². The molecule has 186 valence electrons. The molecule has 34 heavy (non-hydrogen) atoms. The maximum atomic E-state index is 13.1. The Kier molecular flexibility index (Phi) is 5.27. The van der Waals surface area contributed by atoms with E-state index in [0.717, 1.165) is 50.1 Å². The molecule has 0 spiro atoms. The summed E-state index contributed by atoms with van der Waals surface area (Å²) in [5.41, 5.74) is 2.54. The number of hydrogen-bond acceptors (Lipinski definition) is 2. The third kappa shape index (κ3) is 4.52. The predicted octanol–water partition coefficient (Wildman–Crippen LogP) is 6.55. The second-order valence-corrected chi connectivity index (χ2v) is 14.1. The second-order valence-electron chi connectivity index (χ2n) is 14.1. The van der Waals surface area contributed by atoms with Gasteiger partial charge in [0.1, 0.15) is 0 Å². The quantitative estimate of drug-likeness (QED) is 0.519. The first-order chi connectivity index (χ1) is 15.7. The lowest BCUT2D eigenvalue weighted by Crippen LogP contribution is -2.40. The van der Waals surface area contributed by atoms with Crippen LogP contribution in [0.5, 0.6) is 0 Å². The minimum Gasteiger partial charge on any atom is -0.321 e. The highest BCUT2D eigenvalue weighted by Crippen LogP contribution is 2.53. The molecule has 0 unspecified atom stereocenters. The third-order valence-electron chi connectivity index (χ3n) is 8.74. The van der Waals surface area contributed by atoms with Crippen molar-refractivity contribution < 1.29 is 9.59 Å². The Morgan fingerprint density at radius 3 is 1.38 bits per heavy atom. The highest BCUT2D eigenvalue weighted by molar-refractivity contribution is 5.92. The van der Waals surface area contributed by atoms with Crippen molar-refractivity contribution in [3.8, 4) is 0 Å². The highest BCUT2D eigenvalue weighted by Gasteiger charge is 2.52. The zero-order chi connectivity index (χ0) is 24.5. The smallest absolute Gasteiger partial charge is 0.321 e. The standard InChI is InChI=1S/C28H42N4O2/c1-25(2)11-21-13-27(5,15-25)17-31(21)23(33)29-19-7-9-20(10-8-19)30-24(34)32-18-28(6)14-22(32)12-26(3,4)16-28/h7-10,21-22H,11-18H2,1-6H3,(H,29,33)(H,30,34)/t21-,22-,27-,28-/m0/s1. The van der Waals surface area contributed by atoms with Crippen molar-refractivity contribution in [1.29, 1.82) is 0 Å². The van der Waals surface area contributed by atoms with Crippen LogP contribution in [-0.4, -0.2) is 47.0 Å². The monoisotopic (exact) mass is 466 g/mol. The molecule has 6 heteroatoms. The van der Waals surface area contributed by atoms with Crippen LogP contribution >= 0.6 is 0 Å². The Morgan fingerprint density at radius 2 is 1.03 bits per heavy atom. The van der Waals surface area contributed by atoms with Crippen LogP contribution < -0.4 is 10.6 Å². The van der Waals surface area contributed by atoms with Gasteiger partial charge in [-0.05, 0) is 84.5 Å². The molecule has 2 aliphatic carbocycles. The maximum absolute atomic E-state index is 13.1. The fourth-order valence-corrected chi connectivity index (χ4v) is 8.42. The topological polar surface area (TPSA) is 64.7 Å². The van der Waals surface area contributed by atoms with Gasteiger partial charge in [-0.2, -0.15) is 0 Å². The van der Waals surface area contributed by atoms with Crippen molar-refractivity contribution >= 4 is 23.4 Å². The van der Waals surface area contributed by atoms with Crippen molar-refractivity contribution in [2.45, 2.75) is 92.2 Å². The zero-order valence-electron chi connectivity index (χ0n) is 21.8. The van der Waals surface area contributed by atoms with Gasteiger partial charge >= 0.3 is 12.1 Å². The molecule has 2 heterocycles. The lowest BCUT2D eigenvalue weighted by molar-refractivity contribution is 0.129. The molecular weight excluding hydrogens is 424 g/mol. The molecule has 4 bridgehead atoms. The van der Waals surface area contributed by atoms with Crippen LogP contribution in [0.2, 0.25) is 0 Å². The molecule has 2 N–H and O–H groups in total. The summed E-state index contributed by atoms with van der Waals surface area (Å²) in [5, 5.41) is 6.17. The zero-order valence-corrected chi connectivity index (χ0v) is 21.8. The summed E-state index contributed by atoms with van der Waals surface area (Å²) in [7, 11) is 0. The van der Waals surface area contributed by atoms with Gasteiger partial charge in [-0.15, -0.1) is 0 Å². The summed E-state index contributed by atoms with van der Waals surface area (Å²) >= 11 is 0. The molecule has 0 radical (unpaired) electrons. The van der Waals surface area contributed by atoms with Crippen molar-refractivity contribution in [3.05, 3.63) is 24.3 Å². The summed E-state index contributed by atoms with van der Waals surface area (Å²) in [6, 6.07) is 8.15. The van der Waals surface area contributed by atoms with Crippen LogP contribution in [0.3, 0.4) is 0 Å². The molecule has 5 rings (SSSR count). The van der Waals surface area contributed by atoms with E-state index in [9.17, 15) is 9.59 Å². The lowest BCUT2D eigenvalue weighted by atomic mass is 9.65. The number of anilines is 2. The third-order valence-corrected chi connectivity index (χ3v) is 8.74. The molecule has 4 amide bonds. The predicted molar refractivity (Wildman–Crippen MR) is 137 cm³/mol. The molecule has 4 fully saturated rings. The summed E-state index contributed by atoms with van der Waals surface area (Å²) in [6.07, 6.45) is 6.67. The number of fused-ring (bicyclic) bond motifs is 4. The summed E-state index contributed by atoms with van der Waals surface area (Å²) in [5.74, 6) is 0. The van der Waals surface area contributed by atoms with Gasteiger partial charge in [-0.1, -0.05) is 41.5 Å². The second kappa shape index (κ2) is 7.63. The van der Waals surface area contributed by atoms with Gasteiger partial charge in [0.2, 0.25) is 0 Å². The van der Waals surface area contributed by atoms with E-state index in [0.29, 0.717) is 12.1 Å². The van der Waals surface area contributed by atoms with E-state index in [2.05, 4.69) is 52.2 Å². The molecule has 1 aromatic rings. The van der Waals surface area contributed by atoms with E-state index in [1.165, 1.54) is 12.8 Å². The van der Waals surface area contributed by atoms with Crippen molar-refractivity contribution in [1.82, 2.24) is 9.80 Å². The SMILES string of the molecule is CC1(C)C[C@H]2C[C@](C)(CN2C(=O)Nc2ccc(NC(=O)N3C[C@@]4(C)C[C@@H]3CC(C)(C)C4)cc2)C1. The number of amides is 4. The molecular formula is C28H42N4O2. The maximum Gasteiger partial charge on any atom is 0.322 e. The van der Waals surface area contributed by atoms with Crippen molar-refractivity contribution in [2.24, 2.45) is 21.7 Å².